The number of aliphatic imine (C=N–C) groups is 1. The van der Waals surface area contributed by atoms with Crippen LogP contribution in [-0.4, -0.2) is 40.3 Å². The summed E-state index contributed by atoms with van der Waals surface area (Å²) in [5, 5.41) is 0.295. The van der Waals surface area contributed by atoms with Crippen LogP contribution in [0.4, 0.5) is 0 Å². The molecule has 0 aromatic heterocycles. The van der Waals surface area contributed by atoms with E-state index in [-0.39, 0.29) is 11.2 Å². The molecule has 7 nitrogen and oxygen atoms in total. The van der Waals surface area contributed by atoms with Gasteiger partial charge in [-0.3, -0.25) is 14.5 Å². The minimum absolute atomic E-state index is 0.114. The van der Waals surface area contributed by atoms with E-state index in [0.29, 0.717) is 27.8 Å². The first-order chi connectivity index (χ1) is 12.3. The number of hydrogen-bond acceptors (Lipinski definition) is 7. The molecule has 0 unspecified atom stereocenters. The van der Waals surface area contributed by atoms with Gasteiger partial charge >= 0.3 is 11.9 Å². The van der Waals surface area contributed by atoms with Crippen molar-refractivity contribution in [2.24, 2.45) is 4.99 Å². The minimum Gasteiger partial charge on any atom is -0.466 e. The normalized spacial score (nSPS) is 22.1. The Hall–Kier alpha value is -2.61. The number of allylic oxidation sites excluding steroid dienone is 1. The molecule has 0 radical (unpaired) electrons. The highest BCUT2D eigenvalue weighted by atomic mass is 32.2. The molecule has 1 aromatic carbocycles. The predicted molar refractivity (Wildman–Crippen MR) is 96.5 cm³/mol. The largest absolute Gasteiger partial charge is 0.466 e. The summed E-state index contributed by atoms with van der Waals surface area (Å²) in [6.45, 7) is 4.85. The Morgan fingerprint density at radius 3 is 2.46 bits per heavy atom. The first kappa shape index (κ1) is 18.2. The Morgan fingerprint density at radius 2 is 1.88 bits per heavy atom. The van der Waals surface area contributed by atoms with Gasteiger partial charge < -0.3 is 9.47 Å². The molecule has 2 aliphatic heterocycles. The molecule has 0 bridgehead atoms. The number of carbonyl (C=O) groups excluding carboxylic acids is 3. The fourth-order valence-electron chi connectivity index (χ4n) is 2.97. The Morgan fingerprint density at radius 1 is 1.23 bits per heavy atom. The van der Waals surface area contributed by atoms with Gasteiger partial charge in [0.25, 0.3) is 0 Å². The smallest absolute Gasteiger partial charge is 0.338 e. The van der Waals surface area contributed by atoms with Gasteiger partial charge in [-0.1, -0.05) is 23.9 Å². The SMILES string of the molecule is COC(=O)C1=C(C)N=C2S[C@@H](C)C(=O)N2[C@@H]1c1ccc(OC(C)=O)cc1. The van der Waals surface area contributed by atoms with Gasteiger partial charge in [0.1, 0.15) is 5.75 Å². The van der Waals surface area contributed by atoms with Gasteiger partial charge in [-0.25, -0.2) is 9.79 Å². The van der Waals surface area contributed by atoms with Crippen LogP contribution < -0.4 is 4.74 Å². The highest BCUT2D eigenvalue weighted by Gasteiger charge is 2.46. The lowest BCUT2D eigenvalue weighted by molar-refractivity contribution is -0.137. The van der Waals surface area contributed by atoms with Crippen molar-refractivity contribution in [3.05, 3.63) is 41.1 Å². The van der Waals surface area contributed by atoms with Crippen molar-refractivity contribution in [1.82, 2.24) is 4.90 Å². The van der Waals surface area contributed by atoms with Crippen LogP contribution in [0.15, 0.2) is 40.5 Å². The Kier molecular flexibility index (Phi) is 4.86. The molecule has 1 amide bonds. The van der Waals surface area contributed by atoms with Crippen LogP contribution in [0.2, 0.25) is 0 Å². The van der Waals surface area contributed by atoms with E-state index in [1.807, 2.05) is 6.92 Å². The molecule has 26 heavy (non-hydrogen) atoms. The molecule has 0 aliphatic carbocycles. The van der Waals surface area contributed by atoms with E-state index >= 15 is 0 Å². The van der Waals surface area contributed by atoms with Gasteiger partial charge in [0.05, 0.1) is 29.7 Å². The zero-order valence-corrected chi connectivity index (χ0v) is 15.6. The van der Waals surface area contributed by atoms with E-state index in [9.17, 15) is 14.4 Å². The van der Waals surface area contributed by atoms with E-state index in [1.165, 1.54) is 30.7 Å². The van der Waals surface area contributed by atoms with Crippen LogP contribution in [0.25, 0.3) is 0 Å². The van der Waals surface area contributed by atoms with Crippen LogP contribution in [-0.2, 0) is 19.1 Å². The maximum absolute atomic E-state index is 12.7. The molecule has 3 rings (SSSR count). The molecular formula is C18H18N2O5S. The van der Waals surface area contributed by atoms with Gasteiger partial charge in [0.2, 0.25) is 5.91 Å². The number of amides is 1. The van der Waals surface area contributed by atoms with Crippen LogP contribution in [0.1, 0.15) is 32.4 Å². The molecule has 2 heterocycles. The average Bonchev–Trinajstić information content (AvgIpc) is 2.87. The van der Waals surface area contributed by atoms with Crippen molar-refractivity contribution in [3.63, 3.8) is 0 Å². The number of methoxy groups -OCH3 is 1. The van der Waals surface area contributed by atoms with Crippen LogP contribution in [0, 0.1) is 0 Å². The lowest BCUT2D eigenvalue weighted by atomic mass is 9.94. The number of ether oxygens (including phenoxy) is 2. The van der Waals surface area contributed by atoms with Gasteiger partial charge in [-0.15, -0.1) is 0 Å². The Bertz CT molecular complexity index is 844. The van der Waals surface area contributed by atoms with E-state index in [4.69, 9.17) is 9.47 Å². The third kappa shape index (κ3) is 3.12. The number of esters is 2. The second kappa shape index (κ2) is 6.95. The van der Waals surface area contributed by atoms with Crippen LogP contribution >= 0.6 is 11.8 Å². The predicted octanol–water partition coefficient (Wildman–Crippen LogP) is 2.43. The van der Waals surface area contributed by atoms with Gasteiger partial charge in [0.15, 0.2) is 5.17 Å². The summed E-state index contributed by atoms with van der Waals surface area (Å²) in [4.78, 5) is 42.1. The fraction of sp³-hybridized carbons (Fsp3) is 0.333. The van der Waals surface area contributed by atoms with Gasteiger partial charge in [-0.05, 0) is 31.5 Å². The number of nitrogens with zero attached hydrogens (tertiary/aromatic N) is 2. The molecule has 1 aromatic rings. The molecule has 8 heteroatoms. The third-order valence-corrected chi connectivity index (χ3v) is 5.17. The summed E-state index contributed by atoms with van der Waals surface area (Å²) in [7, 11) is 1.30. The third-order valence-electron chi connectivity index (χ3n) is 4.12. The first-order valence-corrected chi connectivity index (χ1v) is 8.87. The summed E-state index contributed by atoms with van der Waals surface area (Å²) in [5.74, 6) is -0.675. The summed E-state index contributed by atoms with van der Waals surface area (Å²) < 4.78 is 9.97. The van der Waals surface area contributed by atoms with Crippen molar-refractivity contribution in [3.8, 4) is 5.75 Å². The Balaban J connectivity index is 2.08. The van der Waals surface area contributed by atoms with Crippen LogP contribution in [0.5, 0.6) is 5.75 Å². The second-order valence-electron chi connectivity index (χ2n) is 5.92. The monoisotopic (exact) mass is 374 g/mol. The van der Waals surface area contributed by atoms with E-state index in [0.717, 1.165) is 0 Å². The van der Waals surface area contributed by atoms with Crippen LogP contribution in [0.3, 0.4) is 0 Å². The number of benzene rings is 1. The summed E-state index contributed by atoms with van der Waals surface area (Å²) >= 11 is 1.36. The molecule has 0 saturated carbocycles. The lowest BCUT2D eigenvalue weighted by Crippen LogP contribution is -2.40. The van der Waals surface area contributed by atoms with Gasteiger partial charge in [-0.2, -0.15) is 0 Å². The topological polar surface area (TPSA) is 85.3 Å². The standard InChI is InChI=1S/C18H18N2O5S/c1-9-14(17(23)24-4)15(20-16(22)10(2)26-18(20)19-9)12-5-7-13(8-6-12)25-11(3)21/h5-8,10,15H,1-4H3/t10-,15+/m0/s1. The summed E-state index contributed by atoms with van der Waals surface area (Å²) in [6, 6.07) is 6.07. The van der Waals surface area contributed by atoms with Crippen molar-refractivity contribution < 1.29 is 23.9 Å². The van der Waals surface area contributed by atoms with Crippen molar-refractivity contribution in [2.75, 3.05) is 7.11 Å². The minimum atomic E-state index is -0.633. The molecule has 2 aliphatic rings. The van der Waals surface area contributed by atoms with Gasteiger partial charge in [0, 0.05) is 6.92 Å². The molecule has 1 saturated heterocycles. The maximum atomic E-state index is 12.7. The van der Waals surface area contributed by atoms with E-state index < -0.39 is 18.0 Å². The molecule has 0 spiro atoms. The number of hydrogen-bond donors (Lipinski definition) is 0. The number of fused-ring (bicyclic) bond motifs is 1. The molecular weight excluding hydrogens is 356 g/mol. The second-order valence-corrected chi connectivity index (χ2v) is 7.23. The summed E-state index contributed by atoms with van der Waals surface area (Å²) in [6.07, 6.45) is 0. The highest BCUT2D eigenvalue weighted by Crippen LogP contribution is 2.43. The number of thioether (sulfide) groups is 1. The van der Waals surface area contributed by atoms with E-state index in [1.54, 1.807) is 31.2 Å². The zero-order valence-electron chi connectivity index (χ0n) is 14.8. The number of carbonyl (C=O) groups is 3. The summed E-state index contributed by atoms with van der Waals surface area (Å²) in [5.41, 5.74) is 1.54. The molecule has 136 valence electrons. The van der Waals surface area contributed by atoms with Crippen molar-refractivity contribution >= 4 is 34.8 Å². The molecule has 2 atom stereocenters. The maximum Gasteiger partial charge on any atom is 0.338 e. The van der Waals surface area contributed by atoms with Crippen molar-refractivity contribution in [1.29, 1.82) is 0 Å². The first-order valence-electron chi connectivity index (χ1n) is 7.99. The molecule has 1 fully saturated rings. The van der Waals surface area contributed by atoms with Crippen molar-refractivity contribution in [2.45, 2.75) is 32.1 Å². The molecule has 0 N–H and O–H groups in total. The number of rotatable bonds is 3. The number of amidine groups is 1. The zero-order chi connectivity index (χ0) is 19.0. The van der Waals surface area contributed by atoms with E-state index in [2.05, 4.69) is 4.99 Å². The quantitative estimate of drug-likeness (QED) is 0.597. The highest BCUT2D eigenvalue weighted by molar-refractivity contribution is 8.15. The Labute approximate surface area is 155 Å². The fourth-order valence-corrected chi connectivity index (χ4v) is 4.00. The average molecular weight is 374 g/mol. The lowest BCUT2D eigenvalue weighted by Gasteiger charge is -2.32.